The van der Waals surface area contributed by atoms with Gasteiger partial charge in [-0.3, -0.25) is 9.59 Å². The zero-order chi connectivity index (χ0) is 21.9. The van der Waals surface area contributed by atoms with Crippen molar-refractivity contribution in [3.8, 4) is 5.75 Å². The Bertz CT molecular complexity index is 963. The topological polar surface area (TPSA) is 70.7 Å². The smallest absolute Gasteiger partial charge is 0.422 e. The van der Waals surface area contributed by atoms with Crippen molar-refractivity contribution in [2.24, 2.45) is 0 Å². The van der Waals surface area contributed by atoms with Crippen LogP contribution in [0.4, 0.5) is 34.6 Å². The van der Waals surface area contributed by atoms with E-state index in [-0.39, 0.29) is 23.9 Å². The highest BCUT2D eigenvalue weighted by molar-refractivity contribution is 5.96. The van der Waals surface area contributed by atoms with Crippen molar-refractivity contribution in [3.63, 3.8) is 0 Å². The first-order valence-corrected chi connectivity index (χ1v) is 9.06. The number of amides is 2. The Morgan fingerprint density at radius 3 is 2.63 bits per heavy atom. The Hall–Kier alpha value is -3.30. The summed E-state index contributed by atoms with van der Waals surface area (Å²) in [6, 6.07) is 8.12. The fraction of sp³-hybridized carbons (Fsp3) is 0.300. The Morgan fingerprint density at radius 2 is 1.93 bits per heavy atom. The molecule has 30 heavy (non-hydrogen) atoms. The molecular formula is C20H19F4N3O3. The van der Waals surface area contributed by atoms with E-state index in [1.807, 2.05) is 0 Å². The third kappa shape index (κ3) is 5.40. The van der Waals surface area contributed by atoms with Crippen LogP contribution in [0.15, 0.2) is 36.4 Å². The van der Waals surface area contributed by atoms with E-state index in [2.05, 4.69) is 15.4 Å². The van der Waals surface area contributed by atoms with Crippen LogP contribution in [0.5, 0.6) is 5.75 Å². The molecule has 3 rings (SSSR count). The number of alkyl halides is 3. The lowest BCUT2D eigenvalue weighted by Gasteiger charge is -2.16. The van der Waals surface area contributed by atoms with E-state index >= 15 is 0 Å². The Balaban J connectivity index is 1.61. The Kier molecular flexibility index (Phi) is 6.14. The van der Waals surface area contributed by atoms with Crippen molar-refractivity contribution in [1.29, 1.82) is 0 Å². The number of halogens is 4. The van der Waals surface area contributed by atoms with Crippen molar-refractivity contribution in [2.75, 3.05) is 35.2 Å². The average molecular weight is 425 g/mol. The summed E-state index contributed by atoms with van der Waals surface area (Å²) >= 11 is 0. The molecular weight excluding hydrogens is 406 g/mol. The van der Waals surface area contributed by atoms with Gasteiger partial charge in [-0.25, -0.2) is 4.39 Å². The molecule has 0 fully saturated rings. The Morgan fingerprint density at radius 1 is 1.17 bits per heavy atom. The molecule has 0 unspecified atom stereocenters. The number of carbonyl (C=O) groups excluding carboxylic acids is 2. The molecule has 0 aliphatic carbocycles. The predicted molar refractivity (Wildman–Crippen MR) is 103 cm³/mol. The highest BCUT2D eigenvalue weighted by atomic mass is 19.4. The number of nitrogens with one attached hydrogen (secondary N) is 2. The lowest BCUT2D eigenvalue weighted by Crippen LogP contribution is -2.25. The van der Waals surface area contributed by atoms with Gasteiger partial charge >= 0.3 is 6.18 Å². The SMILES string of the molecule is CC(=O)N1CCc2cc(NC(=O)CNc3cc(F)ccc3OCC(F)(F)F)ccc21. The number of rotatable bonds is 6. The minimum absolute atomic E-state index is 0.0617. The maximum atomic E-state index is 13.5. The minimum Gasteiger partial charge on any atom is -0.482 e. The van der Waals surface area contributed by atoms with E-state index in [0.29, 0.717) is 18.7 Å². The molecule has 0 spiro atoms. The standard InChI is InChI=1S/C20H19F4N3O3/c1-12(28)27-7-6-13-8-15(3-4-17(13)27)26-19(29)10-25-16-9-14(21)2-5-18(16)30-11-20(22,23)24/h2-5,8-9,25H,6-7,10-11H2,1H3,(H,26,29). The second-order valence-electron chi connectivity index (χ2n) is 6.71. The zero-order valence-corrected chi connectivity index (χ0v) is 16.0. The number of hydrogen-bond donors (Lipinski definition) is 2. The summed E-state index contributed by atoms with van der Waals surface area (Å²) in [5.41, 5.74) is 2.16. The van der Waals surface area contributed by atoms with Crippen molar-refractivity contribution >= 4 is 28.9 Å². The Labute approximate surface area is 169 Å². The van der Waals surface area contributed by atoms with Gasteiger partial charge in [0.25, 0.3) is 0 Å². The summed E-state index contributed by atoms with van der Waals surface area (Å²) in [6.07, 6.45) is -3.88. The van der Waals surface area contributed by atoms with Crippen LogP contribution in [0.3, 0.4) is 0 Å². The first-order valence-electron chi connectivity index (χ1n) is 9.06. The average Bonchev–Trinajstić information content (AvgIpc) is 3.08. The molecule has 0 saturated heterocycles. The van der Waals surface area contributed by atoms with Crippen molar-refractivity contribution in [1.82, 2.24) is 0 Å². The summed E-state index contributed by atoms with van der Waals surface area (Å²) in [5.74, 6) is -1.45. The van der Waals surface area contributed by atoms with Crippen LogP contribution >= 0.6 is 0 Å². The highest BCUT2D eigenvalue weighted by Crippen LogP contribution is 2.31. The van der Waals surface area contributed by atoms with Gasteiger partial charge in [0.15, 0.2) is 6.61 Å². The van der Waals surface area contributed by atoms with Gasteiger partial charge in [0.05, 0.1) is 12.2 Å². The largest absolute Gasteiger partial charge is 0.482 e. The lowest BCUT2D eigenvalue weighted by atomic mass is 10.1. The van der Waals surface area contributed by atoms with E-state index in [0.717, 1.165) is 29.4 Å². The van der Waals surface area contributed by atoms with Gasteiger partial charge in [-0.15, -0.1) is 0 Å². The van der Waals surface area contributed by atoms with Crippen LogP contribution in [0, 0.1) is 5.82 Å². The maximum Gasteiger partial charge on any atom is 0.422 e. The molecule has 0 bridgehead atoms. The van der Waals surface area contributed by atoms with Crippen molar-refractivity contribution in [2.45, 2.75) is 19.5 Å². The first kappa shape index (κ1) is 21.4. The molecule has 1 aliphatic heterocycles. The van der Waals surface area contributed by atoms with Crippen LogP contribution in [-0.2, 0) is 16.0 Å². The summed E-state index contributed by atoms with van der Waals surface area (Å²) in [7, 11) is 0. The highest BCUT2D eigenvalue weighted by Gasteiger charge is 2.29. The summed E-state index contributed by atoms with van der Waals surface area (Å²) < 4.78 is 55.2. The van der Waals surface area contributed by atoms with Gasteiger partial charge in [-0.1, -0.05) is 0 Å². The number of benzene rings is 2. The zero-order valence-electron chi connectivity index (χ0n) is 16.0. The third-order valence-corrected chi connectivity index (χ3v) is 4.41. The van der Waals surface area contributed by atoms with Crippen LogP contribution in [0.1, 0.15) is 12.5 Å². The summed E-state index contributed by atoms with van der Waals surface area (Å²) in [5, 5.41) is 5.24. The molecule has 2 aromatic carbocycles. The van der Waals surface area contributed by atoms with Crippen LogP contribution in [-0.4, -0.2) is 37.7 Å². The van der Waals surface area contributed by atoms with E-state index in [1.54, 1.807) is 23.1 Å². The van der Waals surface area contributed by atoms with Crippen LogP contribution < -0.4 is 20.3 Å². The molecule has 1 heterocycles. The predicted octanol–water partition coefficient (Wildman–Crippen LogP) is 3.73. The second-order valence-corrected chi connectivity index (χ2v) is 6.71. The molecule has 2 aromatic rings. The van der Waals surface area contributed by atoms with Crippen LogP contribution in [0.25, 0.3) is 0 Å². The number of anilines is 3. The summed E-state index contributed by atoms with van der Waals surface area (Å²) in [6.45, 7) is 0.202. The molecule has 2 N–H and O–H groups in total. The maximum absolute atomic E-state index is 13.5. The fourth-order valence-electron chi connectivity index (χ4n) is 3.11. The monoisotopic (exact) mass is 425 g/mol. The van der Waals surface area contributed by atoms with Crippen molar-refractivity contribution in [3.05, 3.63) is 47.8 Å². The third-order valence-electron chi connectivity index (χ3n) is 4.41. The van der Waals surface area contributed by atoms with Gasteiger partial charge in [-0.2, -0.15) is 13.2 Å². The van der Waals surface area contributed by atoms with Gasteiger partial charge in [-0.05, 0) is 42.3 Å². The summed E-state index contributed by atoms with van der Waals surface area (Å²) in [4.78, 5) is 25.5. The number of ether oxygens (including phenoxy) is 1. The van der Waals surface area contributed by atoms with Gasteiger partial charge in [0.2, 0.25) is 11.8 Å². The molecule has 10 heteroatoms. The normalized spacial score (nSPS) is 13.0. The van der Waals surface area contributed by atoms with Gasteiger partial charge in [0.1, 0.15) is 11.6 Å². The minimum atomic E-state index is -4.55. The second kappa shape index (κ2) is 8.60. The first-order chi connectivity index (χ1) is 14.1. The van der Waals surface area contributed by atoms with E-state index in [1.165, 1.54) is 6.92 Å². The quantitative estimate of drug-likeness (QED) is 0.692. The van der Waals surface area contributed by atoms with Crippen molar-refractivity contribution < 1.29 is 31.9 Å². The number of hydrogen-bond acceptors (Lipinski definition) is 4. The van der Waals surface area contributed by atoms with Gasteiger partial charge in [0, 0.05) is 30.9 Å². The molecule has 0 radical (unpaired) electrons. The van der Waals surface area contributed by atoms with Gasteiger partial charge < -0.3 is 20.3 Å². The molecule has 0 aromatic heterocycles. The molecule has 2 amide bonds. The van der Waals surface area contributed by atoms with E-state index < -0.39 is 24.5 Å². The number of carbonyl (C=O) groups is 2. The van der Waals surface area contributed by atoms with E-state index in [9.17, 15) is 27.2 Å². The molecule has 0 saturated carbocycles. The van der Waals surface area contributed by atoms with E-state index in [4.69, 9.17) is 0 Å². The lowest BCUT2D eigenvalue weighted by molar-refractivity contribution is -0.153. The number of nitrogens with zero attached hydrogens (tertiary/aromatic N) is 1. The molecule has 6 nitrogen and oxygen atoms in total. The molecule has 1 aliphatic rings. The molecule has 0 atom stereocenters. The van der Waals surface area contributed by atoms with Crippen LogP contribution in [0.2, 0.25) is 0 Å². The number of fused-ring (bicyclic) bond motifs is 1. The fourth-order valence-corrected chi connectivity index (χ4v) is 3.11. The molecule has 160 valence electrons.